The zero-order valence-corrected chi connectivity index (χ0v) is 3.33. The van der Waals surface area contributed by atoms with Crippen LogP contribution >= 0.6 is 0 Å². The minimum absolute atomic E-state index is 1.01. The van der Waals surface area contributed by atoms with E-state index >= 15 is 0 Å². The van der Waals surface area contributed by atoms with Crippen molar-refractivity contribution in [3.05, 3.63) is 5.53 Å². The topological polar surface area (TPSA) is 56.2 Å². The van der Waals surface area contributed by atoms with E-state index < -0.39 is 0 Å². The highest BCUT2D eigenvalue weighted by Gasteiger charge is 1.42. The van der Waals surface area contributed by atoms with Crippen LogP contribution in [-0.4, -0.2) is 13.5 Å². The minimum Gasteiger partial charge on any atom is -0.507 e. The van der Waals surface area contributed by atoms with Crippen molar-refractivity contribution in [3.63, 3.8) is 0 Å². The summed E-state index contributed by atoms with van der Waals surface area (Å²) in [5, 5.41) is 5.29. The second-order valence-corrected chi connectivity index (χ2v) is 0.546. The lowest BCUT2D eigenvalue weighted by Gasteiger charge is -1.84. The summed E-state index contributed by atoms with van der Waals surface area (Å²) < 4.78 is 4.24. The summed E-state index contributed by atoms with van der Waals surface area (Å²) in [4.78, 5) is 0. The second kappa shape index (κ2) is 4.07. The van der Waals surface area contributed by atoms with Gasteiger partial charge in [-0.05, 0) is 0 Å². The van der Waals surface area contributed by atoms with Crippen molar-refractivity contribution in [3.8, 4) is 0 Å². The van der Waals surface area contributed by atoms with Crippen molar-refractivity contribution < 1.29 is 4.74 Å². The Bertz CT molecular complexity index is 59.8. The molecule has 0 aliphatic heterocycles. The number of rotatable bonds is 2. The van der Waals surface area contributed by atoms with Gasteiger partial charge in [0.1, 0.15) is 0 Å². The van der Waals surface area contributed by atoms with E-state index in [9.17, 15) is 0 Å². The van der Waals surface area contributed by atoms with Crippen LogP contribution < -0.4 is 0 Å². The molecule has 0 spiro atoms. The van der Waals surface area contributed by atoms with E-state index in [0.717, 1.165) is 6.40 Å². The third-order valence-electron chi connectivity index (χ3n) is 0.204. The molecule has 0 saturated carbocycles. The maximum atomic E-state index is 7.54. The van der Waals surface area contributed by atoms with Gasteiger partial charge in [-0.2, -0.15) is 0 Å². The Labute approximate surface area is 35.3 Å². The Balaban J connectivity index is 2.94. The van der Waals surface area contributed by atoms with Crippen molar-refractivity contribution in [2.24, 2.45) is 10.3 Å². The van der Waals surface area contributed by atoms with E-state index in [4.69, 9.17) is 5.53 Å². The monoisotopic (exact) mass is 86.0 g/mol. The molecule has 4 nitrogen and oxygen atoms in total. The number of methoxy groups -OCH3 is 1. The molecule has 0 amide bonds. The van der Waals surface area contributed by atoms with Crippen molar-refractivity contribution in [2.45, 2.75) is 0 Å². The summed E-state index contributed by atoms with van der Waals surface area (Å²) in [6.07, 6.45) is 1.01. The second-order valence-electron chi connectivity index (χ2n) is 0.546. The number of ether oxygens (including phenoxy) is 1. The molecule has 0 atom stereocenters. The summed E-state index contributed by atoms with van der Waals surface area (Å²) in [6, 6.07) is 0. The van der Waals surface area contributed by atoms with Gasteiger partial charge in [0.05, 0.1) is 13.5 Å². The van der Waals surface area contributed by atoms with Crippen molar-refractivity contribution in [1.29, 1.82) is 0 Å². The quantitative estimate of drug-likeness (QED) is 0.210. The lowest BCUT2D eigenvalue weighted by Crippen LogP contribution is -1.70. The lowest BCUT2D eigenvalue weighted by atomic mass is 11.4. The van der Waals surface area contributed by atoms with E-state index in [-0.39, 0.29) is 0 Å². The number of nitrogens with zero attached hydrogens (tertiary/aromatic N) is 3. The predicted molar refractivity (Wildman–Crippen MR) is 21.3 cm³/mol. The zero-order valence-electron chi connectivity index (χ0n) is 3.33. The van der Waals surface area contributed by atoms with Gasteiger partial charge in [0.15, 0.2) is 0 Å². The van der Waals surface area contributed by atoms with Gasteiger partial charge >= 0.3 is 0 Å². The van der Waals surface area contributed by atoms with E-state index in [2.05, 4.69) is 15.1 Å². The summed E-state index contributed by atoms with van der Waals surface area (Å²) in [5.41, 5.74) is 7.54. The van der Waals surface area contributed by atoms with Gasteiger partial charge in [-0.15, -0.1) is 0 Å². The normalized spacial score (nSPS) is 8.83. The minimum atomic E-state index is 1.01. The third kappa shape index (κ3) is 3.07. The fourth-order valence-electron chi connectivity index (χ4n) is 0.0682. The van der Waals surface area contributed by atoms with Gasteiger partial charge in [0.2, 0.25) is 0 Å². The van der Waals surface area contributed by atoms with E-state index in [1.807, 2.05) is 0 Å². The van der Waals surface area contributed by atoms with E-state index in [0.29, 0.717) is 0 Å². The molecular formula is C2H4N3O-. The molecule has 0 rings (SSSR count). The fraction of sp³-hybridized carbons (Fsp3) is 0.500. The molecule has 0 aromatic heterocycles. The molecule has 4 heteroatoms. The Hall–Kier alpha value is -0.930. The first kappa shape index (κ1) is 5.07. The van der Waals surface area contributed by atoms with Crippen molar-refractivity contribution in [1.82, 2.24) is 0 Å². The molecule has 0 fully saturated rings. The fourth-order valence-corrected chi connectivity index (χ4v) is 0.0682. The summed E-state index contributed by atoms with van der Waals surface area (Å²) in [5.74, 6) is 0. The molecule has 0 aliphatic carbocycles. The highest BCUT2D eigenvalue weighted by molar-refractivity contribution is 5.45. The maximum Gasteiger partial charge on any atom is 0.0865 e. The van der Waals surface area contributed by atoms with E-state index in [1.165, 1.54) is 7.11 Å². The molecule has 0 radical (unpaired) electrons. The average molecular weight is 86.1 g/mol. The van der Waals surface area contributed by atoms with Crippen LogP contribution in [-0.2, 0) is 4.74 Å². The largest absolute Gasteiger partial charge is 0.507 e. The van der Waals surface area contributed by atoms with Gasteiger partial charge in [0, 0.05) is 0 Å². The first-order valence-electron chi connectivity index (χ1n) is 1.30. The lowest BCUT2D eigenvalue weighted by molar-refractivity contribution is 0.421. The summed E-state index contributed by atoms with van der Waals surface area (Å²) in [7, 11) is 1.41. The summed E-state index contributed by atoms with van der Waals surface area (Å²) in [6.45, 7) is 0. The van der Waals surface area contributed by atoms with Crippen LogP contribution in [0.5, 0.6) is 0 Å². The summed E-state index contributed by atoms with van der Waals surface area (Å²) >= 11 is 0. The average Bonchev–Trinajstić information content (AvgIpc) is 1.61. The maximum absolute atomic E-state index is 7.54. The van der Waals surface area contributed by atoms with Crippen LogP contribution in [0.25, 0.3) is 5.53 Å². The Morgan fingerprint density at radius 1 is 1.83 bits per heavy atom. The third-order valence-corrected chi connectivity index (χ3v) is 0.204. The first-order chi connectivity index (χ1) is 2.91. The smallest absolute Gasteiger partial charge is 0.0865 e. The van der Waals surface area contributed by atoms with Crippen molar-refractivity contribution >= 4 is 6.40 Å². The van der Waals surface area contributed by atoms with E-state index in [1.54, 1.807) is 0 Å². The van der Waals surface area contributed by atoms with Crippen LogP contribution in [0, 0.1) is 0 Å². The SMILES string of the molecule is CO/C=N/N=[N-]. The van der Waals surface area contributed by atoms with Crippen LogP contribution in [0.4, 0.5) is 0 Å². The Morgan fingerprint density at radius 3 is 2.67 bits per heavy atom. The van der Waals surface area contributed by atoms with Gasteiger partial charge in [-0.1, -0.05) is 0 Å². The molecule has 6 heavy (non-hydrogen) atoms. The predicted octanol–water partition coefficient (Wildman–Crippen LogP) is 0.598. The van der Waals surface area contributed by atoms with Crippen LogP contribution in [0.15, 0.2) is 10.3 Å². The van der Waals surface area contributed by atoms with Gasteiger partial charge in [0.25, 0.3) is 0 Å². The van der Waals surface area contributed by atoms with Crippen molar-refractivity contribution in [2.75, 3.05) is 7.11 Å². The van der Waals surface area contributed by atoms with Crippen LogP contribution in [0.3, 0.4) is 0 Å². The van der Waals surface area contributed by atoms with Gasteiger partial charge in [-0.3, -0.25) is 5.22 Å². The molecule has 0 bridgehead atoms. The highest BCUT2D eigenvalue weighted by atomic mass is 16.5. The number of hydrogen-bond donors (Lipinski definition) is 0. The molecule has 0 aromatic carbocycles. The highest BCUT2D eigenvalue weighted by Crippen LogP contribution is 1.62. The molecule has 0 heterocycles. The molecule has 0 N–H and O–H groups in total. The van der Waals surface area contributed by atoms with Gasteiger partial charge in [-0.25, -0.2) is 0 Å². The Kier molecular flexibility index (Phi) is 3.44. The van der Waals surface area contributed by atoms with Crippen LogP contribution in [0.1, 0.15) is 0 Å². The standard InChI is InChI=1S/C2H4N3O/c1-6-2-4-5-3/h2H,1H3/q-1/b4-2+. The Morgan fingerprint density at radius 2 is 2.50 bits per heavy atom. The molecule has 0 saturated heterocycles. The molecule has 0 unspecified atom stereocenters. The zero-order chi connectivity index (χ0) is 4.83. The molecule has 0 aliphatic rings. The number of hydrogen-bond acceptors (Lipinski definition) is 2. The molecular weight excluding hydrogens is 82.0 g/mol. The first-order valence-corrected chi connectivity index (χ1v) is 1.30. The molecule has 0 aromatic rings. The molecule has 34 valence electrons. The van der Waals surface area contributed by atoms with Crippen LogP contribution in [0.2, 0.25) is 0 Å². The van der Waals surface area contributed by atoms with Gasteiger partial charge < -0.3 is 15.4 Å².